The molecule has 1 spiro atoms. The average Bonchev–Trinajstić information content (AvgIpc) is 2.82. The van der Waals surface area contributed by atoms with Crippen molar-refractivity contribution < 1.29 is 14.3 Å². The van der Waals surface area contributed by atoms with Crippen LogP contribution in [0, 0.1) is 0 Å². The van der Waals surface area contributed by atoms with Crippen LogP contribution in [0.2, 0.25) is 0 Å². The van der Waals surface area contributed by atoms with E-state index >= 15 is 0 Å². The highest BCUT2D eigenvalue weighted by molar-refractivity contribution is 5.94. The number of nitrogens with zero attached hydrogens (tertiary/aromatic N) is 1. The van der Waals surface area contributed by atoms with E-state index in [1.54, 1.807) is 7.11 Å². The Morgan fingerprint density at radius 3 is 2.63 bits per heavy atom. The van der Waals surface area contributed by atoms with Crippen LogP contribution < -0.4 is 5.32 Å². The first kappa shape index (κ1) is 14.3. The molecule has 1 unspecified atom stereocenters. The Balaban J connectivity index is 2.23. The molecule has 5 nitrogen and oxygen atoms in total. The first-order valence-corrected chi connectivity index (χ1v) is 7.24. The van der Waals surface area contributed by atoms with Gasteiger partial charge in [-0.3, -0.25) is 9.59 Å². The fourth-order valence-electron chi connectivity index (χ4n) is 3.27. The molecule has 1 aliphatic heterocycles. The van der Waals surface area contributed by atoms with Gasteiger partial charge in [-0.2, -0.15) is 0 Å². The van der Waals surface area contributed by atoms with Gasteiger partial charge in [0.2, 0.25) is 11.8 Å². The number of nitrogens with one attached hydrogen (secondary N) is 1. The van der Waals surface area contributed by atoms with E-state index in [0.717, 1.165) is 32.1 Å². The molecule has 1 atom stereocenters. The smallest absolute Gasteiger partial charge is 0.248 e. The molecule has 2 rings (SSSR count). The molecule has 19 heavy (non-hydrogen) atoms. The van der Waals surface area contributed by atoms with Crippen molar-refractivity contribution in [3.05, 3.63) is 0 Å². The van der Waals surface area contributed by atoms with Gasteiger partial charge in [0.15, 0.2) is 0 Å². The van der Waals surface area contributed by atoms with Crippen LogP contribution in [0.1, 0.15) is 45.4 Å². The van der Waals surface area contributed by atoms with Crippen molar-refractivity contribution in [1.29, 1.82) is 0 Å². The number of rotatable bonds is 4. The first-order chi connectivity index (χ1) is 9.13. The summed E-state index contributed by atoms with van der Waals surface area (Å²) in [6, 6.07) is 0.0719. The zero-order valence-corrected chi connectivity index (χ0v) is 11.9. The highest BCUT2D eigenvalue weighted by atomic mass is 16.5. The molecule has 1 aliphatic carbocycles. The van der Waals surface area contributed by atoms with Crippen molar-refractivity contribution in [3.63, 3.8) is 0 Å². The van der Waals surface area contributed by atoms with Crippen molar-refractivity contribution >= 4 is 11.8 Å². The highest BCUT2D eigenvalue weighted by Crippen LogP contribution is 2.33. The monoisotopic (exact) mass is 268 g/mol. The van der Waals surface area contributed by atoms with Gasteiger partial charge in [-0.25, -0.2) is 0 Å². The molecular formula is C14H24N2O3. The minimum Gasteiger partial charge on any atom is -0.383 e. The molecule has 0 radical (unpaired) electrons. The lowest BCUT2D eigenvalue weighted by Gasteiger charge is -2.36. The van der Waals surface area contributed by atoms with Gasteiger partial charge in [-0.05, 0) is 19.3 Å². The molecule has 2 fully saturated rings. The molecule has 1 N–H and O–H groups in total. The summed E-state index contributed by atoms with van der Waals surface area (Å²) in [4.78, 5) is 26.6. The van der Waals surface area contributed by atoms with Gasteiger partial charge in [0.25, 0.3) is 0 Å². The minimum atomic E-state index is -0.630. The van der Waals surface area contributed by atoms with Gasteiger partial charge in [0.1, 0.15) is 5.54 Å². The molecule has 108 valence electrons. The summed E-state index contributed by atoms with van der Waals surface area (Å²) >= 11 is 0. The average molecular weight is 268 g/mol. The number of methoxy groups -OCH3 is 1. The van der Waals surface area contributed by atoms with Crippen LogP contribution in [-0.4, -0.2) is 48.6 Å². The van der Waals surface area contributed by atoms with Gasteiger partial charge in [0.05, 0.1) is 12.6 Å². The SMILES string of the molecule is CCC(COC)N1CCC(=O)NC2(CCCC2)C1=O. The lowest BCUT2D eigenvalue weighted by Crippen LogP contribution is -2.57. The van der Waals surface area contributed by atoms with Crippen molar-refractivity contribution in [2.24, 2.45) is 0 Å². The molecule has 5 heteroatoms. The van der Waals surface area contributed by atoms with Crippen LogP contribution in [-0.2, 0) is 14.3 Å². The van der Waals surface area contributed by atoms with Crippen molar-refractivity contribution in [2.75, 3.05) is 20.3 Å². The Labute approximate surface area is 114 Å². The number of hydrogen-bond acceptors (Lipinski definition) is 3. The number of ether oxygens (including phenoxy) is 1. The van der Waals surface area contributed by atoms with Crippen LogP contribution in [0.25, 0.3) is 0 Å². The topological polar surface area (TPSA) is 58.6 Å². The molecule has 1 saturated carbocycles. The molecule has 2 aliphatic rings. The molecule has 0 aromatic heterocycles. The van der Waals surface area contributed by atoms with Gasteiger partial charge in [0, 0.05) is 20.1 Å². The normalized spacial score (nSPS) is 24.4. The number of hydrogen-bond donors (Lipinski definition) is 1. The fraction of sp³-hybridized carbons (Fsp3) is 0.857. The largest absolute Gasteiger partial charge is 0.383 e. The number of carbonyl (C=O) groups excluding carboxylic acids is 2. The van der Waals surface area contributed by atoms with E-state index in [-0.39, 0.29) is 17.9 Å². The number of carbonyl (C=O) groups is 2. The maximum Gasteiger partial charge on any atom is 0.248 e. The molecule has 0 bridgehead atoms. The molecule has 2 amide bonds. The summed E-state index contributed by atoms with van der Waals surface area (Å²) in [5.74, 6) is 0.102. The predicted molar refractivity (Wildman–Crippen MR) is 71.6 cm³/mol. The van der Waals surface area contributed by atoms with E-state index in [4.69, 9.17) is 4.74 Å². The summed E-state index contributed by atoms with van der Waals surface area (Å²) < 4.78 is 5.22. The Hall–Kier alpha value is -1.10. The van der Waals surface area contributed by atoms with Crippen LogP contribution in [0.15, 0.2) is 0 Å². The summed E-state index contributed by atoms with van der Waals surface area (Å²) in [6.45, 7) is 3.10. The molecule has 1 heterocycles. The second-order valence-electron chi connectivity index (χ2n) is 5.60. The summed E-state index contributed by atoms with van der Waals surface area (Å²) in [6.07, 6.45) is 4.83. The van der Waals surface area contributed by atoms with Crippen molar-refractivity contribution in [2.45, 2.75) is 57.0 Å². The standard InChI is InChI=1S/C14H24N2O3/c1-3-11(10-19-2)16-9-6-12(17)15-14(13(16)18)7-4-5-8-14/h11H,3-10H2,1-2H3,(H,15,17). The van der Waals surface area contributed by atoms with Crippen LogP contribution >= 0.6 is 0 Å². The summed E-state index contributed by atoms with van der Waals surface area (Å²) in [7, 11) is 1.65. The molecule has 0 aromatic carbocycles. The van der Waals surface area contributed by atoms with Crippen molar-refractivity contribution in [3.8, 4) is 0 Å². The van der Waals surface area contributed by atoms with Crippen molar-refractivity contribution in [1.82, 2.24) is 10.2 Å². The van der Waals surface area contributed by atoms with E-state index in [0.29, 0.717) is 19.6 Å². The molecular weight excluding hydrogens is 244 g/mol. The predicted octanol–water partition coefficient (Wildman–Crippen LogP) is 1.07. The van der Waals surface area contributed by atoms with Crippen LogP contribution in [0.5, 0.6) is 0 Å². The minimum absolute atomic E-state index is 0.00465. The second kappa shape index (κ2) is 5.90. The summed E-state index contributed by atoms with van der Waals surface area (Å²) in [5, 5.41) is 2.98. The Bertz CT molecular complexity index is 351. The van der Waals surface area contributed by atoms with Crippen LogP contribution in [0.3, 0.4) is 0 Å². The quantitative estimate of drug-likeness (QED) is 0.830. The third-order valence-corrected chi connectivity index (χ3v) is 4.36. The number of amides is 2. The lowest BCUT2D eigenvalue weighted by molar-refractivity contribution is -0.141. The van der Waals surface area contributed by atoms with Gasteiger partial charge in [-0.1, -0.05) is 19.8 Å². The Morgan fingerprint density at radius 2 is 2.05 bits per heavy atom. The third-order valence-electron chi connectivity index (χ3n) is 4.36. The fourth-order valence-corrected chi connectivity index (χ4v) is 3.27. The maximum absolute atomic E-state index is 12.8. The van der Waals surface area contributed by atoms with E-state index in [1.165, 1.54) is 0 Å². The Morgan fingerprint density at radius 1 is 1.37 bits per heavy atom. The van der Waals surface area contributed by atoms with E-state index in [1.807, 2.05) is 4.90 Å². The highest BCUT2D eigenvalue weighted by Gasteiger charge is 2.47. The zero-order valence-electron chi connectivity index (χ0n) is 11.9. The molecule has 1 saturated heterocycles. The van der Waals surface area contributed by atoms with Gasteiger partial charge in [-0.15, -0.1) is 0 Å². The van der Waals surface area contributed by atoms with E-state index in [9.17, 15) is 9.59 Å². The Kier molecular flexibility index (Phi) is 4.45. The van der Waals surface area contributed by atoms with Gasteiger partial charge < -0.3 is 15.0 Å². The molecule has 0 aromatic rings. The van der Waals surface area contributed by atoms with E-state index < -0.39 is 5.54 Å². The zero-order chi connectivity index (χ0) is 13.9. The second-order valence-corrected chi connectivity index (χ2v) is 5.60. The van der Waals surface area contributed by atoms with Gasteiger partial charge >= 0.3 is 0 Å². The first-order valence-electron chi connectivity index (χ1n) is 7.24. The summed E-state index contributed by atoms with van der Waals surface area (Å²) in [5.41, 5.74) is -0.630. The lowest BCUT2D eigenvalue weighted by atomic mass is 9.95. The van der Waals surface area contributed by atoms with Crippen LogP contribution in [0.4, 0.5) is 0 Å². The van der Waals surface area contributed by atoms with E-state index in [2.05, 4.69) is 12.2 Å². The maximum atomic E-state index is 12.8. The third kappa shape index (κ3) is 2.76.